The number of amides is 1. The number of benzene rings is 1. The van der Waals surface area contributed by atoms with E-state index in [2.05, 4.69) is 37.1 Å². The molecule has 3 N–H and O–H groups in total. The standard InChI is InChI=1S/C29H41N7O2.C2H6/c1-5-8-21(6-2)19-38-29-32-25-18-36(27-20(4)9-10-24(31)23(27)17-30)12-11-22(25)28(33-29)35-15-13-34(14-16-35)26(37)7-3;1-2/h7,9-10,17,21,30H,3,5-6,8,11-16,18-19,31H2,1-2,4H3;1-2H3. The van der Waals surface area contributed by atoms with Crippen LogP contribution in [0.3, 0.4) is 0 Å². The molecule has 1 fully saturated rings. The van der Waals surface area contributed by atoms with Gasteiger partial charge < -0.3 is 30.6 Å². The number of aryl methyl sites for hydroxylation is 1. The van der Waals surface area contributed by atoms with Crippen LogP contribution < -0.4 is 20.3 Å². The van der Waals surface area contributed by atoms with Gasteiger partial charge in [-0.15, -0.1) is 0 Å². The molecule has 0 aliphatic carbocycles. The molecular weight excluding hydrogens is 502 g/mol. The van der Waals surface area contributed by atoms with Gasteiger partial charge in [0.15, 0.2) is 0 Å². The van der Waals surface area contributed by atoms with E-state index in [4.69, 9.17) is 25.8 Å². The smallest absolute Gasteiger partial charge is 0.318 e. The highest BCUT2D eigenvalue weighted by Crippen LogP contribution is 2.35. The third-order valence-corrected chi connectivity index (χ3v) is 7.72. The third kappa shape index (κ3) is 6.92. The predicted octanol–water partition coefficient (Wildman–Crippen LogP) is 4.99. The lowest BCUT2D eigenvalue weighted by molar-refractivity contribution is -0.126. The minimum atomic E-state index is -0.0323. The summed E-state index contributed by atoms with van der Waals surface area (Å²) in [5.74, 6) is 1.35. The van der Waals surface area contributed by atoms with E-state index in [1.165, 1.54) is 12.3 Å². The molecule has 0 saturated carbocycles. The highest BCUT2D eigenvalue weighted by atomic mass is 16.5. The Morgan fingerprint density at radius 2 is 1.88 bits per heavy atom. The van der Waals surface area contributed by atoms with Gasteiger partial charge in [-0.05, 0) is 43.4 Å². The number of ether oxygens (including phenoxy) is 1. The zero-order valence-electron chi connectivity index (χ0n) is 25.0. The van der Waals surface area contributed by atoms with E-state index >= 15 is 0 Å². The number of nitrogens with two attached hydrogens (primary N) is 1. The molecule has 0 spiro atoms. The molecule has 1 aromatic heterocycles. The lowest BCUT2D eigenvalue weighted by Crippen LogP contribution is -2.49. The van der Waals surface area contributed by atoms with Crippen LogP contribution in [-0.4, -0.2) is 66.3 Å². The van der Waals surface area contributed by atoms with Gasteiger partial charge in [0.05, 0.1) is 24.5 Å². The molecule has 3 heterocycles. The normalized spacial score (nSPS) is 15.5. The van der Waals surface area contributed by atoms with Crippen LogP contribution in [0.25, 0.3) is 0 Å². The Bertz CT molecular complexity index is 1170. The van der Waals surface area contributed by atoms with E-state index in [-0.39, 0.29) is 5.91 Å². The maximum absolute atomic E-state index is 12.1. The van der Waals surface area contributed by atoms with E-state index in [1.807, 2.05) is 30.9 Å². The molecule has 2 aliphatic heterocycles. The summed E-state index contributed by atoms with van der Waals surface area (Å²) in [7, 11) is 0. The first-order chi connectivity index (χ1) is 19.4. The number of fused-ring (bicyclic) bond motifs is 1. The monoisotopic (exact) mass is 549 g/mol. The first-order valence-corrected chi connectivity index (χ1v) is 14.7. The summed E-state index contributed by atoms with van der Waals surface area (Å²) in [6, 6.07) is 4.28. The summed E-state index contributed by atoms with van der Waals surface area (Å²) in [5, 5.41) is 7.98. The summed E-state index contributed by atoms with van der Waals surface area (Å²) in [5.41, 5.74) is 11.7. The Hall–Kier alpha value is -3.62. The van der Waals surface area contributed by atoms with Crippen LogP contribution in [0.15, 0.2) is 24.8 Å². The molecule has 1 atom stereocenters. The fourth-order valence-electron chi connectivity index (χ4n) is 5.48. The van der Waals surface area contributed by atoms with Crippen molar-refractivity contribution in [2.24, 2.45) is 5.92 Å². The molecule has 0 bridgehead atoms. The molecule has 9 heteroatoms. The van der Waals surface area contributed by atoms with Gasteiger partial charge in [0, 0.05) is 55.8 Å². The Balaban J connectivity index is 0.00000216. The Labute approximate surface area is 239 Å². The van der Waals surface area contributed by atoms with Crippen LogP contribution in [0.4, 0.5) is 17.2 Å². The Morgan fingerprint density at radius 3 is 2.50 bits per heavy atom. The van der Waals surface area contributed by atoms with Gasteiger partial charge in [0.25, 0.3) is 0 Å². The number of aromatic nitrogens is 2. The molecule has 4 rings (SSSR count). The second kappa shape index (κ2) is 14.7. The lowest BCUT2D eigenvalue weighted by atomic mass is 10.00. The highest BCUT2D eigenvalue weighted by molar-refractivity contribution is 5.94. The zero-order valence-corrected chi connectivity index (χ0v) is 25.0. The van der Waals surface area contributed by atoms with Crippen LogP contribution in [0.5, 0.6) is 6.01 Å². The van der Waals surface area contributed by atoms with Gasteiger partial charge in [0.1, 0.15) is 5.82 Å². The largest absolute Gasteiger partial charge is 0.463 e. The molecule has 1 aromatic carbocycles. The molecule has 2 aliphatic rings. The van der Waals surface area contributed by atoms with E-state index in [9.17, 15) is 4.79 Å². The van der Waals surface area contributed by atoms with Crippen molar-refractivity contribution >= 4 is 29.3 Å². The average Bonchev–Trinajstić information content (AvgIpc) is 3.00. The fraction of sp³-hybridized carbons (Fsp3) is 0.548. The molecular formula is C31H47N7O2. The SMILES string of the molecule is C=CC(=O)N1CCN(c2nc(OCC(CC)CCC)nc3c2CCN(c2c(C)ccc(N)c2C=N)C3)CC1.CC. The molecule has 1 amide bonds. The first-order valence-electron chi connectivity index (χ1n) is 14.7. The number of nitrogen functional groups attached to an aromatic ring is 1. The summed E-state index contributed by atoms with van der Waals surface area (Å²) >= 11 is 0. The van der Waals surface area contributed by atoms with Gasteiger partial charge >= 0.3 is 6.01 Å². The number of rotatable bonds is 10. The predicted molar refractivity (Wildman–Crippen MR) is 165 cm³/mol. The van der Waals surface area contributed by atoms with E-state index in [0.717, 1.165) is 66.1 Å². The van der Waals surface area contributed by atoms with Crippen molar-refractivity contribution in [1.82, 2.24) is 14.9 Å². The van der Waals surface area contributed by atoms with Crippen LogP contribution in [0.2, 0.25) is 0 Å². The van der Waals surface area contributed by atoms with Crippen molar-refractivity contribution in [2.45, 2.75) is 66.8 Å². The Kier molecular flexibility index (Phi) is 11.3. The van der Waals surface area contributed by atoms with E-state index < -0.39 is 0 Å². The number of nitrogens with zero attached hydrogens (tertiary/aromatic N) is 5. The van der Waals surface area contributed by atoms with E-state index in [1.54, 1.807) is 0 Å². The number of hydrogen-bond donors (Lipinski definition) is 2. The molecule has 0 radical (unpaired) electrons. The second-order valence-corrected chi connectivity index (χ2v) is 10.2. The maximum atomic E-state index is 12.1. The number of piperazine rings is 1. The molecule has 218 valence electrons. The van der Waals surface area contributed by atoms with Crippen LogP contribution in [-0.2, 0) is 17.8 Å². The topological polar surface area (TPSA) is 112 Å². The van der Waals surface area contributed by atoms with Gasteiger partial charge in [-0.1, -0.05) is 53.2 Å². The molecule has 1 saturated heterocycles. The highest BCUT2D eigenvalue weighted by Gasteiger charge is 2.29. The van der Waals surface area contributed by atoms with Crippen LogP contribution in [0.1, 0.15) is 69.3 Å². The minimum absolute atomic E-state index is 0.0323. The first kappa shape index (κ1) is 30.9. The zero-order chi connectivity index (χ0) is 29.2. The molecule has 40 heavy (non-hydrogen) atoms. The van der Waals surface area contributed by atoms with Crippen molar-refractivity contribution in [2.75, 3.05) is 54.9 Å². The third-order valence-electron chi connectivity index (χ3n) is 7.72. The number of carbonyl (C=O) groups is 1. The molecule has 1 unspecified atom stereocenters. The van der Waals surface area contributed by atoms with Crippen LogP contribution in [0, 0.1) is 18.3 Å². The van der Waals surface area contributed by atoms with Crippen molar-refractivity contribution in [1.29, 1.82) is 5.41 Å². The maximum Gasteiger partial charge on any atom is 0.318 e. The van der Waals surface area contributed by atoms with Crippen LogP contribution >= 0.6 is 0 Å². The number of nitrogens with one attached hydrogen (secondary N) is 1. The summed E-state index contributed by atoms with van der Waals surface area (Å²) in [6.45, 7) is 18.7. The average molecular weight is 550 g/mol. The summed E-state index contributed by atoms with van der Waals surface area (Å²) in [6.07, 6.45) is 6.79. The van der Waals surface area contributed by atoms with Gasteiger partial charge in [-0.3, -0.25) is 4.79 Å². The van der Waals surface area contributed by atoms with Crippen molar-refractivity contribution in [3.8, 4) is 6.01 Å². The van der Waals surface area contributed by atoms with Crippen molar-refractivity contribution in [3.63, 3.8) is 0 Å². The van der Waals surface area contributed by atoms with Crippen molar-refractivity contribution in [3.05, 3.63) is 47.2 Å². The van der Waals surface area contributed by atoms with Gasteiger partial charge in [-0.25, -0.2) is 0 Å². The quantitative estimate of drug-likeness (QED) is 0.244. The number of carbonyl (C=O) groups excluding carboxylic acids is 1. The fourth-order valence-corrected chi connectivity index (χ4v) is 5.48. The number of anilines is 3. The number of hydrogen-bond acceptors (Lipinski definition) is 8. The summed E-state index contributed by atoms with van der Waals surface area (Å²) < 4.78 is 6.21. The molecule has 2 aromatic rings. The minimum Gasteiger partial charge on any atom is -0.463 e. The van der Waals surface area contributed by atoms with Gasteiger partial charge in [-0.2, -0.15) is 9.97 Å². The second-order valence-electron chi connectivity index (χ2n) is 10.2. The van der Waals surface area contributed by atoms with E-state index in [0.29, 0.717) is 56.9 Å². The van der Waals surface area contributed by atoms with Gasteiger partial charge in [0.2, 0.25) is 5.91 Å². The lowest BCUT2D eigenvalue weighted by Gasteiger charge is -2.38. The van der Waals surface area contributed by atoms with Crippen molar-refractivity contribution < 1.29 is 9.53 Å². The molecule has 9 nitrogen and oxygen atoms in total. The Morgan fingerprint density at radius 1 is 1.15 bits per heavy atom. The summed E-state index contributed by atoms with van der Waals surface area (Å²) in [4.78, 5) is 28.3.